The number of aromatic nitrogens is 2. The van der Waals surface area contributed by atoms with Gasteiger partial charge in [-0.2, -0.15) is 0 Å². The van der Waals surface area contributed by atoms with Crippen LogP contribution in [0.4, 0.5) is 0 Å². The summed E-state index contributed by atoms with van der Waals surface area (Å²) >= 11 is 0. The number of fused-ring (bicyclic) bond motifs is 3. The molecule has 0 radical (unpaired) electrons. The highest BCUT2D eigenvalue weighted by molar-refractivity contribution is 6.04. The molecule has 0 spiro atoms. The van der Waals surface area contributed by atoms with Gasteiger partial charge in [-0.15, -0.1) is 0 Å². The molecule has 0 bridgehead atoms. The summed E-state index contributed by atoms with van der Waals surface area (Å²) in [6.45, 7) is 6.75. The van der Waals surface area contributed by atoms with Crippen molar-refractivity contribution in [2.75, 3.05) is 0 Å². The van der Waals surface area contributed by atoms with Crippen molar-refractivity contribution >= 4 is 22.1 Å². The molecule has 3 aromatic heterocycles. The summed E-state index contributed by atoms with van der Waals surface area (Å²) in [7, 11) is 0. The SMILES string of the molecule is CC(C)C(C)c1ccnc(-c2cnc3c(c2)oc2ccc(-c4ccccc4)cc23)c1. The van der Waals surface area contributed by atoms with E-state index in [1.165, 1.54) is 11.1 Å². The number of nitrogens with zero attached hydrogens (tertiary/aromatic N) is 2. The zero-order chi connectivity index (χ0) is 20.7. The Morgan fingerprint density at radius 3 is 2.37 bits per heavy atom. The summed E-state index contributed by atoms with van der Waals surface area (Å²) in [5.74, 6) is 1.06. The monoisotopic (exact) mass is 392 g/mol. The van der Waals surface area contributed by atoms with Crippen LogP contribution in [0.2, 0.25) is 0 Å². The van der Waals surface area contributed by atoms with Crippen molar-refractivity contribution in [3.63, 3.8) is 0 Å². The third kappa shape index (κ3) is 3.26. The molecule has 0 aliphatic carbocycles. The van der Waals surface area contributed by atoms with Crippen LogP contribution in [-0.2, 0) is 0 Å². The number of furan rings is 1. The average molecular weight is 393 g/mol. The molecule has 0 N–H and O–H groups in total. The summed E-state index contributed by atoms with van der Waals surface area (Å²) in [4.78, 5) is 9.34. The second kappa shape index (κ2) is 7.42. The van der Waals surface area contributed by atoms with Crippen molar-refractivity contribution in [1.29, 1.82) is 0 Å². The van der Waals surface area contributed by atoms with Crippen LogP contribution in [0, 0.1) is 5.92 Å². The first-order chi connectivity index (χ1) is 14.6. The fourth-order valence-electron chi connectivity index (χ4n) is 3.87. The fourth-order valence-corrected chi connectivity index (χ4v) is 3.87. The lowest BCUT2D eigenvalue weighted by molar-refractivity contribution is 0.535. The van der Waals surface area contributed by atoms with Gasteiger partial charge in [-0.25, -0.2) is 0 Å². The van der Waals surface area contributed by atoms with Gasteiger partial charge in [-0.3, -0.25) is 9.97 Å². The van der Waals surface area contributed by atoms with Crippen molar-refractivity contribution in [1.82, 2.24) is 9.97 Å². The first kappa shape index (κ1) is 18.6. The molecule has 5 rings (SSSR count). The molecule has 3 nitrogen and oxygen atoms in total. The average Bonchev–Trinajstić information content (AvgIpc) is 3.16. The predicted octanol–water partition coefficient (Wildman–Crippen LogP) is 7.47. The molecule has 0 saturated carbocycles. The second-order valence-corrected chi connectivity index (χ2v) is 8.26. The van der Waals surface area contributed by atoms with Crippen LogP contribution in [0.1, 0.15) is 32.3 Å². The Balaban J connectivity index is 1.58. The first-order valence-electron chi connectivity index (χ1n) is 10.4. The van der Waals surface area contributed by atoms with Crippen molar-refractivity contribution in [2.45, 2.75) is 26.7 Å². The third-order valence-corrected chi connectivity index (χ3v) is 6.02. The van der Waals surface area contributed by atoms with Crippen LogP contribution in [0.3, 0.4) is 0 Å². The number of rotatable bonds is 4. The van der Waals surface area contributed by atoms with Gasteiger partial charge in [0.05, 0.1) is 5.69 Å². The number of benzene rings is 2. The molecule has 0 aliphatic heterocycles. The Morgan fingerprint density at radius 2 is 1.57 bits per heavy atom. The van der Waals surface area contributed by atoms with Gasteiger partial charge >= 0.3 is 0 Å². The van der Waals surface area contributed by atoms with E-state index in [1.54, 1.807) is 0 Å². The maximum atomic E-state index is 6.13. The smallest absolute Gasteiger partial charge is 0.154 e. The highest BCUT2D eigenvalue weighted by atomic mass is 16.3. The quantitative estimate of drug-likeness (QED) is 0.318. The number of hydrogen-bond donors (Lipinski definition) is 0. The Hall–Kier alpha value is -3.46. The van der Waals surface area contributed by atoms with Crippen LogP contribution in [0.25, 0.3) is 44.5 Å². The predicted molar refractivity (Wildman–Crippen MR) is 123 cm³/mol. The first-order valence-corrected chi connectivity index (χ1v) is 10.4. The number of hydrogen-bond acceptors (Lipinski definition) is 3. The normalized spacial score (nSPS) is 12.7. The molecule has 0 aliphatic rings. The third-order valence-electron chi connectivity index (χ3n) is 6.02. The minimum Gasteiger partial charge on any atom is -0.454 e. The van der Waals surface area contributed by atoms with Gasteiger partial charge in [0.2, 0.25) is 0 Å². The van der Waals surface area contributed by atoms with Crippen molar-refractivity contribution < 1.29 is 4.42 Å². The minimum absolute atomic E-state index is 0.478. The molecule has 1 atom stereocenters. The second-order valence-electron chi connectivity index (χ2n) is 8.26. The van der Waals surface area contributed by atoms with Gasteiger partial charge in [-0.05, 0) is 58.9 Å². The Kier molecular flexibility index (Phi) is 4.59. The summed E-state index contributed by atoms with van der Waals surface area (Å²) in [6, 6.07) is 23.0. The lowest BCUT2D eigenvalue weighted by Crippen LogP contribution is -2.02. The summed E-state index contributed by atoms with van der Waals surface area (Å²) in [6.07, 6.45) is 3.79. The van der Waals surface area contributed by atoms with Crippen molar-refractivity contribution in [2.24, 2.45) is 5.92 Å². The van der Waals surface area contributed by atoms with E-state index in [1.807, 2.05) is 24.5 Å². The van der Waals surface area contributed by atoms with E-state index >= 15 is 0 Å². The molecule has 148 valence electrons. The van der Waals surface area contributed by atoms with Crippen LogP contribution in [0.15, 0.2) is 83.5 Å². The number of pyridine rings is 2. The standard InChI is InChI=1S/C27H24N2O/c1-17(2)18(3)20-11-12-28-24(14-20)22-15-26-27(29-16-22)23-13-21(9-10-25(23)30-26)19-7-5-4-6-8-19/h4-18H,1-3H3. The van der Waals surface area contributed by atoms with E-state index in [0.717, 1.165) is 38.9 Å². The zero-order valence-electron chi connectivity index (χ0n) is 17.5. The van der Waals surface area contributed by atoms with E-state index in [2.05, 4.69) is 80.4 Å². The Bertz CT molecular complexity index is 1340. The molecule has 5 aromatic rings. The van der Waals surface area contributed by atoms with Gasteiger partial charge in [0.15, 0.2) is 5.58 Å². The minimum atomic E-state index is 0.478. The topological polar surface area (TPSA) is 38.9 Å². The summed E-state index contributed by atoms with van der Waals surface area (Å²) < 4.78 is 6.13. The highest BCUT2D eigenvalue weighted by Crippen LogP contribution is 2.33. The fraction of sp³-hybridized carbons (Fsp3) is 0.185. The molecule has 0 fully saturated rings. The van der Waals surface area contributed by atoms with E-state index < -0.39 is 0 Å². The molecule has 0 amide bonds. The molecular formula is C27H24N2O. The van der Waals surface area contributed by atoms with E-state index in [4.69, 9.17) is 9.40 Å². The van der Waals surface area contributed by atoms with Crippen LogP contribution < -0.4 is 0 Å². The largest absolute Gasteiger partial charge is 0.454 e. The molecule has 0 saturated heterocycles. The molecule has 3 heteroatoms. The van der Waals surface area contributed by atoms with Crippen LogP contribution >= 0.6 is 0 Å². The van der Waals surface area contributed by atoms with Crippen LogP contribution in [-0.4, -0.2) is 9.97 Å². The Labute approximate surface area is 176 Å². The maximum Gasteiger partial charge on any atom is 0.154 e. The molecule has 3 heterocycles. The van der Waals surface area contributed by atoms with E-state index in [0.29, 0.717) is 11.8 Å². The summed E-state index contributed by atoms with van der Waals surface area (Å²) in [5, 5.41) is 1.04. The molecule has 30 heavy (non-hydrogen) atoms. The molecule has 2 aromatic carbocycles. The van der Waals surface area contributed by atoms with Crippen LogP contribution in [0.5, 0.6) is 0 Å². The van der Waals surface area contributed by atoms with E-state index in [-0.39, 0.29) is 0 Å². The molecular weight excluding hydrogens is 368 g/mol. The lowest BCUT2D eigenvalue weighted by atomic mass is 9.90. The highest BCUT2D eigenvalue weighted by Gasteiger charge is 2.14. The van der Waals surface area contributed by atoms with Gasteiger partial charge in [0.25, 0.3) is 0 Å². The zero-order valence-corrected chi connectivity index (χ0v) is 17.5. The van der Waals surface area contributed by atoms with Gasteiger partial charge in [-0.1, -0.05) is 57.2 Å². The maximum absolute atomic E-state index is 6.13. The van der Waals surface area contributed by atoms with Gasteiger partial charge in [0.1, 0.15) is 11.1 Å². The van der Waals surface area contributed by atoms with Gasteiger partial charge in [0, 0.05) is 23.3 Å². The van der Waals surface area contributed by atoms with E-state index in [9.17, 15) is 0 Å². The van der Waals surface area contributed by atoms with Crippen molar-refractivity contribution in [3.8, 4) is 22.4 Å². The van der Waals surface area contributed by atoms with Crippen molar-refractivity contribution in [3.05, 3.63) is 84.7 Å². The van der Waals surface area contributed by atoms with Gasteiger partial charge < -0.3 is 4.42 Å². The lowest BCUT2D eigenvalue weighted by Gasteiger charge is -2.16. The molecule has 1 unspecified atom stereocenters. The Morgan fingerprint density at radius 1 is 0.733 bits per heavy atom. The summed E-state index contributed by atoms with van der Waals surface area (Å²) in [5.41, 5.74) is 8.08.